The summed E-state index contributed by atoms with van der Waals surface area (Å²) in [5, 5.41) is 71.9. The van der Waals surface area contributed by atoms with Gasteiger partial charge in [-0.1, -0.05) is 13.8 Å². The van der Waals surface area contributed by atoms with Crippen LogP contribution in [-0.2, 0) is 23.8 Å². The van der Waals surface area contributed by atoms with E-state index in [-0.39, 0.29) is 24.5 Å². The second kappa shape index (κ2) is 11.7. The van der Waals surface area contributed by atoms with E-state index in [4.69, 9.17) is 14.2 Å². The van der Waals surface area contributed by atoms with Crippen molar-refractivity contribution >= 4 is 11.7 Å². The number of hydrogen-bond acceptors (Lipinski definition) is 12. The average molecular weight is 467 g/mol. The summed E-state index contributed by atoms with van der Waals surface area (Å²) >= 11 is 0. The number of nitrogens with one attached hydrogen (secondary N) is 1. The first-order valence-electron chi connectivity index (χ1n) is 10.4. The lowest BCUT2D eigenvalue weighted by Crippen LogP contribution is -2.66. The fourth-order valence-electron chi connectivity index (χ4n) is 3.46. The summed E-state index contributed by atoms with van der Waals surface area (Å²) in [6, 6.07) is 0. The first kappa shape index (κ1) is 27.0. The lowest BCUT2D eigenvalue weighted by atomic mass is 9.96. The molecule has 0 aromatic heterocycles. The van der Waals surface area contributed by atoms with Gasteiger partial charge in [0.05, 0.1) is 13.2 Å². The lowest BCUT2D eigenvalue weighted by Gasteiger charge is -2.46. The van der Waals surface area contributed by atoms with Gasteiger partial charge in [-0.2, -0.15) is 0 Å². The van der Waals surface area contributed by atoms with Crippen LogP contribution in [0.2, 0.25) is 0 Å². The van der Waals surface area contributed by atoms with Gasteiger partial charge >= 0.3 is 0 Å². The number of carbonyl (C=O) groups is 2. The Morgan fingerprint density at radius 2 is 1.47 bits per heavy atom. The number of aliphatic hydroxyl groups excluding tert-OH is 7. The molecule has 2 aliphatic rings. The van der Waals surface area contributed by atoms with Crippen LogP contribution >= 0.6 is 0 Å². The first-order valence-corrected chi connectivity index (χ1v) is 10.4. The Morgan fingerprint density at radius 1 is 0.844 bits per heavy atom. The number of Topliss-reactive ketones (excluding diaryl/α,β-unsaturated/α-hetero) is 1. The molecule has 0 aromatic rings. The minimum absolute atomic E-state index is 0.0128. The van der Waals surface area contributed by atoms with Crippen LogP contribution in [0.25, 0.3) is 0 Å². The number of amides is 1. The van der Waals surface area contributed by atoms with E-state index in [2.05, 4.69) is 5.32 Å². The molecule has 10 atom stereocenters. The monoisotopic (exact) mass is 467 g/mol. The standard InChI is InChI=1S/C19H33NO12/c1-7(2)8(23)3-4-11(24)20-18-15(28)14(27)17(10(6-22)30-18)32-19-16(29)13(26)12(25)9(5-21)31-19/h7,9-10,12-19,21-22,25-29H,3-6H2,1-2H3,(H,20,24)/t9?,10?,12-,13-,14+,15?,16?,17-,18+,19-/m0/s1. The van der Waals surface area contributed by atoms with Gasteiger partial charge in [0, 0.05) is 18.8 Å². The van der Waals surface area contributed by atoms with Crippen molar-refractivity contribution in [3.05, 3.63) is 0 Å². The van der Waals surface area contributed by atoms with Crippen molar-refractivity contribution in [2.24, 2.45) is 5.92 Å². The van der Waals surface area contributed by atoms with Crippen LogP contribution in [0.3, 0.4) is 0 Å². The van der Waals surface area contributed by atoms with Crippen LogP contribution in [0.4, 0.5) is 0 Å². The minimum Gasteiger partial charge on any atom is -0.394 e. The summed E-state index contributed by atoms with van der Waals surface area (Å²) in [6.45, 7) is 1.98. The number of carbonyl (C=O) groups excluding carboxylic acids is 2. The van der Waals surface area contributed by atoms with Crippen LogP contribution in [-0.4, -0.2) is 122 Å². The topological polar surface area (TPSA) is 215 Å². The third-order valence-electron chi connectivity index (χ3n) is 5.55. The highest BCUT2D eigenvalue weighted by molar-refractivity contribution is 5.86. The maximum absolute atomic E-state index is 12.1. The van der Waals surface area contributed by atoms with Gasteiger partial charge in [0.2, 0.25) is 5.91 Å². The normalized spacial score (nSPS) is 40.3. The molecule has 2 aliphatic heterocycles. The van der Waals surface area contributed by atoms with E-state index in [1.165, 1.54) is 0 Å². The Bertz CT molecular complexity index is 629. The number of ether oxygens (including phenoxy) is 3. The number of ketones is 1. The summed E-state index contributed by atoms with van der Waals surface area (Å²) < 4.78 is 16.1. The number of rotatable bonds is 9. The Morgan fingerprint density at radius 3 is 2.03 bits per heavy atom. The van der Waals surface area contributed by atoms with Gasteiger partial charge in [-0.3, -0.25) is 9.59 Å². The molecule has 4 unspecified atom stereocenters. The Balaban J connectivity index is 2.02. The fraction of sp³-hybridized carbons (Fsp3) is 0.895. The van der Waals surface area contributed by atoms with Gasteiger partial charge < -0.3 is 55.3 Å². The maximum atomic E-state index is 12.1. The van der Waals surface area contributed by atoms with Crippen molar-refractivity contribution in [3.8, 4) is 0 Å². The van der Waals surface area contributed by atoms with Crippen molar-refractivity contribution in [2.75, 3.05) is 13.2 Å². The molecular formula is C19H33NO12. The molecule has 1 amide bonds. The predicted molar refractivity (Wildman–Crippen MR) is 104 cm³/mol. The van der Waals surface area contributed by atoms with Gasteiger partial charge in [0.15, 0.2) is 12.5 Å². The molecule has 186 valence electrons. The zero-order valence-corrected chi connectivity index (χ0v) is 17.9. The molecular weight excluding hydrogens is 434 g/mol. The van der Waals surface area contributed by atoms with Crippen LogP contribution in [0, 0.1) is 5.92 Å². The zero-order chi connectivity index (χ0) is 24.2. The lowest BCUT2D eigenvalue weighted by molar-refractivity contribution is -0.343. The van der Waals surface area contributed by atoms with E-state index in [0.29, 0.717) is 0 Å². The van der Waals surface area contributed by atoms with Crippen LogP contribution in [0.15, 0.2) is 0 Å². The second-order valence-electron chi connectivity index (χ2n) is 8.25. The molecule has 13 heteroatoms. The smallest absolute Gasteiger partial charge is 0.222 e. The summed E-state index contributed by atoms with van der Waals surface area (Å²) in [5.41, 5.74) is 0. The van der Waals surface area contributed by atoms with Crippen LogP contribution in [0.5, 0.6) is 0 Å². The molecule has 8 N–H and O–H groups in total. The van der Waals surface area contributed by atoms with E-state index in [9.17, 15) is 45.3 Å². The summed E-state index contributed by atoms with van der Waals surface area (Å²) in [5.74, 6) is -0.966. The molecule has 0 radical (unpaired) electrons. The minimum atomic E-state index is -1.77. The molecule has 2 rings (SSSR count). The highest BCUT2D eigenvalue weighted by Crippen LogP contribution is 2.28. The highest BCUT2D eigenvalue weighted by Gasteiger charge is 2.50. The average Bonchev–Trinajstić information content (AvgIpc) is 2.76. The van der Waals surface area contributed by atoms with Gasteiger partial charge in [0.25, 0.3) is 0 Å². The first-order chi connectivity index (χ1) is 15.0. The Hall–Kier alpha value is -1.26. The van der Waals surface area contributed by atoms with Crippen molar-refractivity contribution in [3.63, 3.8) is 0 Å². The summed E-state index contributed by atoms with van der Waals surface area (Å²) in [4.78, 5) is 23.8. The largest absolute Gasteiger partial charge is 0.394 e. The molecule has 2 saturated heterocycles. The molecule has 0 aliphatic carbocycles. The Kier molecular flexibility index (Phi) is 9.90. The van der Waals surface area contributed by atoms with Crippen LogP contribution in [0.1, 0.15) is 26.7 Å². The molecule has 0 spiro atoms. The van der Waals surface area contributed by atoms with Crippen LogP contribution < -0.4 is 5.32 Å². The Labute approximate surface area is 184 Å². The maximum Gasteiger partial charge on any atom is 0.222 e. The van der Waals surface area contributed by atoms with E-state index in [0.717, 1.165) is 0 Å². The van der Waals surface area contributed by atoms with Gasteiger partial charge in [-0.15, -0.1) is 0 Å². The zero-order valence-electron chi connectivity index (χ0n) is 17.9. The number of hydrogen-bond donors (Lipinski definition) is 8. The van der Waals surface area contributed by atoms with Crippen molar-refractivity contribution < 1.29 is 59.5 Å². The summed E-state index contributed by atoms with van der Waals surface area (Å²) in [6.07, 6.45) is -15.8. The van der Waals surface area contributed by atoms with E-state index >= 15 is 0 Å². The molecule has 0 saturated carbocycles. The molecule has 0 bridgehead atoms. The number of aliphatic hydroxyl groups is 7. The summed E-state index contributed by atoms with van der Waals surface area (Å²) in [7, 11) is 0. The molecule has 32 heavy (non-hydrogen) atoms. The predicted octanol–water partition coefficient (Wildman–Crippen LogP) is -4.27. The van der Waals surface area contributed by atoms with E-state index in [1.54, 1.807) is 13.8 Å². The highest BCUT2D eigenvalue weighted by atomic mass is 16.7. The molecule has 2 heterocycles. The van der Waals surface area contributed by atoms with Crippen molar-refractivity contribution in [2.45, 2.75) is 88.0 Å². The van der Waals surface area contributed by atoms with Gasteiger partial charge in [-0.25, -0.2) is 0 Å². The fourth-order valence-corrected chi connectivity index (χ4v) is 3.46. The van der Waals surface area contributed by atoms with Crippen molar-refractivity contribution in [1.29, 1.82) is 0 Å². The SMILES string of the molecule is CC(C)C(=O)CCC(=O)N[C@@H]1OC(CO)[C@H](O[C@@H]2OC(CO)[C@H](O)[C@H](O)C2O)[C@H](O)C1O. The second-order valence-corrected chi connectivity index (χ2v) is 8.25. The molecule has 0 aromatic carbocycles. The van der Waals surface area contributed by atoms with Gasteiger partial charge in [0.1, 0.15) is 54.6 Å². The van der Waals surface area contributed by atoms with E-state index < -0.39 is 80.5 Å². The molecule has 13 nitrogen and oxygen atoms in total. The third kappa shape index (κ3) is 6.20. The third-order valence-corrected chi connectivity index (χ3v) is 5.55. The van der Waals surface area contributed by atoms with E-state index in [1.807, 2.05) is 0 Å². The van der Waals surface area contributed by atoms with Gasteiger partial charge in [-0.05, 0) is 0 Å². The quantitative estimate of drug-likeness (QED) is 0.162. The molecule has 2 fully saturated rings. The van der Waals surface area contributed by atoms with Crippen molar-refractivity contribution in [1.82, 2.24) is 5.32 Å².